The van der Waals surface area contributed by atoms with Crippen molar-refractivity contribution in [1.82, 2.24) is 5.32 Å². The van der Waals surface area contributed by atoms with Crippen LogP contribution in [0.15, 0.2) is 40.8 Å². The second-order valence-electron chi connectivity index (χ2n) is 4.90. The molecule has 1 N–H and O–H groups in total. The Bertz CT molecular complexity index is 550. The van der Waals surface area contributed by atoms with Crippen molar-refractivity contribution in [2.24, 2.45) is 0 Å². The Morgan fingerprint density at radius 1 is 1.19 bits per heavy atom. The fourth-order valence-corrected chi connectivity index (χ4v) is 2.36. The van der Waals surface area contributed by atoms with Crippen LogP contribution in [0.2, 0.25) is 0 Å². The van der Waals surface area contributed by atoms with Gasteiger partial charge in [0.1, 0.15) is 23.9 Å². The van der Waals surface area contributed by atoms with Crippen molar-refractivity contribution in [2.75, 3.05) is 20.8 Å². The monoisotopic (exact) mass is 289 g/mol. The first-order valence-corrected chi connectivity index (χ1v) is 7.20. The number of benzene rings is 1. The molecule has 1 atom stereocenters. The van der Waals surface area contributed by atoms with Crippen molar-refractivity contribution in [3.05, 3.63) is 53.5 Å². The van der Waals surface area contributed by atoms with Crippen molar-refractivity contribution in [3.8, 4) is 5.75 Å². The average Bonchev–Trinajstić information content (AvgIpc) is 2.96. The molecule has 1 unspecified atom stereocenters. The molecule has 4 nitrogen and oxygen atoms in total. The average molecular weight is 289 g/mol. The van der Waals surface area contributed by atoms with Gasteiger partial charge in [0, 0.05) is 7.11 Å². The summed E-state index contributed by atoms with van der Waals surface area (Å²) in [6.45, 7) is 3.48. The zero-order chi connectivity index (χ0) is 15.1. The summed E-state index contributed by atoms with van der Waals surface area (Å²) in [6.07, 6.45) is 0.852. The third-order valence-electron chi connectivity index (χ3n) is 3.34. The van der Waals surface area contributed by atoms with Gasteiger partial charge in [-0.3, -0.25) is 0 Å². The number of furan rings is 1. The van der Waals surface area contributed by atoms with Crippen LogP contribution in [0.5, 0.6) is 5.75 Å². The maximum absolute atomic E-state index is 5.85. The maximum atomic E-state index is 5.85. The summed E-state index contributed by atoms with van der Waals surface area (Å²) < 4.78 is 16.2. The van der Waals surface area contributed by atoms with Crippen LogP contribution in [0.3, 0.4) is 0 Å². The Labute approximate surface area is 126 Å². The van der Waals surface area contributed by atoms with Crippen LogP contribution in [-0.2, 0) is 17.8 Å². The minimum absolute atomic E-state index is 0.146. The molecule has 114 valence electrons. The summed E-state index contributed by atoms with van der Waals surface area (Å²) in [6, 6.07) is 12.3. The molecule has 1 heterocycles. The second kappa shape index (κ2) is 7.86. The van der Waals surface area contributed by atoms with E-state index in [0.717, 1.165) is 30.2 Å². The molecule has 0 saturated carbocycles. The molecule has 2 aromatic rings. The van der Waals surface area contributed by atoms with Gasteiger partial charge in [0.15, 0.2) is 0 Å². The summed E-state index contributed by atoms with van der Waals surface area (Å²) in [7, 11) is 3.35. The topological polar surface area (TPSA) is 43.6 Å². The largest absolute Gasteiger partial charge is 0.497 e. The predicted octanol–water partition coefficient (Wildman–Crippen LogP) is 3.33. The summed E-state index contributed by atoms with van der Waals surface area (Å²) >= 11 is 0. The van der Waals surface area contributed by atoms with Gasteiger partial charge in [-0.15, -0.1) is 0 Å². The van der Waals surface area contributed by atoms with Crippen LogP contribution in [0.4, 0.5) is 0 Å². The van der Waals surface area contributed by atoms with E-state index in [1.165, 1.54) is 5.56 Å². The lowest BCUT2D eigenvalue weighted by molar-refractivity contribution is 0.161. The first kappa shape index (κ1) is 15.6. The van der Waals surface area contributed by atoms with Gasteiger partial charge in [0.05, 0.1) is 13.2 Å². The molecule has 0 fully saturated rings. The highest BCUT2D eigenvalue weighted by atomic mass is 16.5. The van der Waals surface area contributed by atoms with Gasteiger partial charge in [-0.1, -0.05) is 19.1 Å². The number of rotatable bonds is 8. The standard InChI is InChI=1S/C17H23NO3/c1-4-18-16(17-9-8-15(21-17)12-19-2)11-13-6-5-7-14(10-13)20-3/h5-10,16,18H,4,11-12H2,1-3H3. The summed E-state index contributed by atoms with van der Waals surface area (Å²) in [5, 5.41) is 3.46. The lowest BCUT2D eigenvalue weighted by Gasteiger charge is -2.16. The van der Waals surface area contributed by atoms with Gasteiger partial charge >= 0.3 is 0 Å². The van der Waals surface area contributed by atoms with Crippen molar-refractivity contribution < 1.29 is 13.9 Å². The third-order valence-corrected chi connectivity index (χ3v) is 3.34. The van der Waals surface area contributed by atoms with E-state index in [1.807, 2.05) is 24.3 Å². The lowest BCUT2D eigenvalue weighted by Crippen LogP contribution is -2.22. The molecular formula is C17H23NO3. The van der Waals surface area contributed by atoms with Crippen molar-refractivity contribution in [3.63, 3.8) is 0 Å². The predicted molar refractivity (Wildman–Crippen MR) is 82.5 cm³/mol. The molecule has 0 radical (unpaired) electrons. The molecule has 1 aromatic heterocycles. The van der Waals surface area contributed by atoms with Crippen molar-refractivity contribution >= 4 is 0 Å². The van der Waals surface area contributed by atoms with Crippen LogP contribution in [-0.4, -0.2) is 20.8 Å². The van der Waals surface area contributed by atoms with Crippen LogP contribution in [0.1, 0.15) is 30.0 Å². The molecule has 2 rings (SSSR count). The number of hydrogen-bond donors (Lipinski definition) is 1. The lowest BCUT2D eigenvalue weighted by atomic mass is 10.0. The fraction of sp³-hybridized carbons (Fsp3) is 0.412. The first-order valence-electron chi connectivity index (χ1n) is 7.20. The minimum atomic E-state index is 0.146. The minimum Gasteiger partial charge on any atom is -0.497 e. The molecule has 0 bridgehead atoms. The molecular weight excluding hydrogens is 266 g/mol. The van der Waals surface area contributed by atoms with Crippen LogP contribution in [0, 0.1) is 0 Å². The number of hydrogen-bond acceptors (Lipinski definition) is 4. The molecule has 0 aliphatic heterocycles. The SMILES string of the molecule is CCNC(Cc1cccc(OC)c1)c1ccc(COC)o1. The molecule has 0 aliphatic carbocycles. The van der Waals surface area contributed by atoms with Gasteiger partial charge in [-0.05, 0) is 42.8 Å². The molecule has 21 heavy (non-hydrogen) atoms. The highest BCUT2D eigenvalue weighted by Gasteiger charge is 2.15. The Kier molecular flexibility index (Phi) is 5.84. The van der Waals surface area contributed by atoms with Crippen molar-refractivity contribution in [1.29, 1.82) is 0 Å². The Balaban J connectivity index is 2.13. The number of methoxy groups -OCH3 is 2. The van der Waals surface area contributed by atoms with Gasteiger partial charge in [-0.25, -0.2) is 0 Å². The van der Waals surface area contributed by atoms with Gasteiger partial charge < -0.3 is 19.2 Å². The number of nitrogens with one attached hydrogen (secondary N) is 1. The molecule has 1 aromatic carbocycles. The quantitative estimate of drug-likeness (QED) is 0.809. The molecule has 0 aliphatic rings. The molecule has 4 heteroatoms. The fourth-order valence-electron chi connectivity index (χ4n) is 2.36. The van der Waals surface area contributed by atoms with E-state index in [4.69, 9.17) is 13.9 Å². The van der Waals surface area contributed by atoms with E-state index in [-0.39, 0.29) is 6.04 Å². The van der Waals surface area contributed by atoms with Crippen LogP contribution < -0.4 is 10.1 Å². The van der Waals surface area contributed by atoms with Gasteiger partial charge in [0.2, 0.25) is 0 Å². The zero-order valence-corrected chi connectivity index (χ0v) is 12.9. The normalized spacial score (nSPS) is 12.3. The van der Waals surface area contributed by atoms with E-state index < -0.39 is 0 Å². The Morgan fingerprint density at radius 2 is 2.05 bits per heavy atom. The Hall–Kier alpha value is -1.78. The first-order chi connectivity index (χ1) is 10.3. The Morgan fingerprint density at radius 3 is 2.76 bits per heavy atom. The van der Waals surface area contributed by atoms with Crippen molar-refractivity contribution in [2.45, 2.75) is 26.0 Å². The molecule has 0 amide bonds. The number of likely N-dealkylation sites (N-methyl/N-ethyl adjacent to an activating group) is 1. The van der Waals surface area contributed by atoms with E-state index >= 15 is 0 Å². The smallest absolute Gasteiger partial charge is 0.129 e. The van der Waals surface area contributed by atoms with Crippen LogP contribution in [0.25, 0.3) is 0 Å². The molecule has 0 spiro atoms. The number of ether oxygens (including phenoxy) is 2. The highest BCUT2D eigenvalue weighted by molar-refractivity contribution is 5.29. The van der Waals surface area contributed by atoms with E-state index in [2.05, 4.69) is 24.4 Å². The summed E-state index contributed by atoms with van der Waals surface area (Å²) in [5.74, 6) is 2.66. The van der Waals surface area contributed by atoms with Crippen LogP contribution >= 0.6 is 0 Å². The van der Waals surface area contributed by atoms with Gasteiger partial charge in [0.25, 0.3) is 0 Å². The summed E-state index contributed by atoms with van der Waals surface area (Å²) in [5.41, 5.74) is 1.21. The molecule has 0 saturated heterocycles. The van der Waals surface area contributed by atoms with E-state index in [1.54, 1.807) is 14.2 Å². The summed E-state index contributed by atoms with van der Waals surface area (Å²) in [4.78, 5) is 0. The highest BCUT2D eigenvalue weighted by Crippen LogP contribution is 2.23. The second-order valence-corrected chi connectivity index (χ2v) is 4.90. The van der Waals surface area contributed by atoms with E-state index in [0.29, 0.717) is 6.61 Å². The maximum Gasteiger partial charge on any atom is 0.129 e. The zero-order valence-electron chi connectivity index (χ0n) is 12.9. The third kappa shape index (κ3) is 4.34. The van der Waals surface area contributed by atoms with E-state index in [9.17, 15) is 0 Å². The van der Waals surface area contributed by atoms with Gasteiger partial charge in [-0.2, -0.15) is 0 Å².